The largest absolute Gasteiger partial charge is 0.465 e. The van der Waals surface area contributed by atoms with Crippen LogP contribution in [0.25, 0.3) is 11.1 Å². The molecule has 1 aromatic heterocycles. The van der Waals surface area contributed by atoms with E-state index >= 15 is 0 Å². The monoisotopic (exact) mass is 325 g/mol. The first-order valence-electron chi connectivity index (χ1n) is 7.80. The molecule has 0 saturated carbocycles. The average Bonchev–Trinajstić information content (AvgIpc) is 3.19. The standard InChI is InChI=1S/C18H19N3O3/c1-3-24-16(22)10-20-12-6-7-15-13(9-12)17(18(23)21-15)11(2)14-5-4-8-19-14/h4-9,19-20H,3,10H2,1-2H3,(H,21,23)/b17-11+. The number of esters is 1. The molecule has 1 amide bonds. The minimum Gasteiger partial charge on any atom is -0.465 e. The Labute approximate surface area is 139 Å². The lowest BCUT2D eigenvalue weighted by Gasteiger charge is -2.09. The van der Waals surface area contributed by atoms with Gasteiger partial charge in [0.05, 0.1) is 12.2 Å². The molecule has 0 bridgehead atoms. The second kappa shape index (κ2) is 6.62. The Morgan fingerprint density at radius 2 is 2.12 bits per heavy atom. The Bertz CT molecular complexity index is 807. The van der Waals surface area contributed by atoms with Gasteiger partial charge in [0, 0.05) is 28.8 Å². The van der Waals surface area contributed by atoms with E-state index in [2.05, 4.69) is 15.6 Å². The van der Waals surface area contributed by atoms with Crippen LogP contribution in [0.5, 0.6) is 0 Å². The molecule has 6 nitrogen and oxygen atoms in total. The second-order valence-corrected chi connectivity index (χ2v) is 5.46. The number of benzene rings is 1. The van der Waals surface area contributed by atoms with Crippen LogP contribution in [0.1, 0.15) is 25.1 Å². The van der Waals surface area contributed by atoms with Crippen LogP contribution >= 0.6 is 0 Å². The smallest absolute Gasteiger partial charge is 0.325 e. The summed E-state index contributed by atoms with van der Waals surface area (Å²) in [4.78, 5) is 26.9. The SMILES string of the molecule is CCOC(=O)CNc1ccc2c(c1)/C(=C(/C)c1ccc[nH]1)C(=O)N2. The highest BCUT2D eigenvalue weighted by molar-refractivity contribution is 6.36. The van der Waals surface area contributed by atoms with E-state index in [1.54, 1.807) is 6.92 Å². The molecule has 0 unspecified atom stereocenters. The van der Waals surface area contributed by atoms with E-state index in [-0.39, 0.29) is 18.4 Å². The molecule has 2 heterocycles. The number of H-pyrrole nitrogens is 1. The van der Waals surface area contributed by atoms with Gasteiger partial charge < -0.3 is 20.4 Å². The topological polar surface area (TPSA) is 83.2 Å². The first-order chi connectivity index (χ1) is 11.6. The van der Waals surface area contributed by atoms with Crippen LogP contribution < -0.4 is 10.6 Å². The zero-order valence-electron chi connectivity index (χ0n) is 13.6. The van der Waals surface area contributed by atoms with Gasteiger partial charge in [-0.15, -0.1) is 0 Å². The molecule has 3 N–H and O–H groups in total. The molecule has 1 aliphatic heterocycles. The molecule has 0 atom stereocenters. The van der Waals surface area contributed by atoms with Gasteiger partial charge in [0.25, 0.3) is 5.91 Å². The maximum atomic E-state index is 12.4. The summed E-state index contributed by atoms with van der Waals surface area (Å²) < 4.78 is 4.90. The fourth-order valence-corrected chi connectivity index (χ4v) is 2.73. The fraction of sp³-hybridized carbons (Fsp3) is 0.222. The number of hydrogen-bond donors (Lipinski definition) is 3. The molecule has 0 fully saturated rings. The minimum atomic E-state index is -0.314. The highest BCUT2D eigenvalue weighted by Crippen LogP contribution is 2.37. The van der Waals surface area contributed by atoms with Crippen molar-refractivity contribution < 1.29 is 14.3 Å². The molecule has 0 saturated heterocycles. The van der Waals surface area contributed by atoms with Gasteiger partial charge in [-0.05, 0) is 49.8 Å². The lowest BCUT2D eigenvalue weighted by Crippen LogP contribution is -2.16. The molecule has 1 aliphatic rings. The van der Waals surface area contributed by atoms with Gasteiger partial charge in [0.2, 0.25) is 0 Å². The Morgan fingerprint density at radius 1 is 1.29 bits per heavy atom. The Balaban J connectivity index is 1.90. The van der Waals surface area contributed by atoms with Crippen LogP contribution in [-0.4, -0.2) is 30.0 Å². The van der Waals surface area contributed by atoms with Crippen molar-refractivity contribution in [2.24, 2.45) is 0 Å². The third kappa shape index (κ3) is 3.03. The molecule has 3 rings (SSSR count). The molecule has 6 heteroatoms. The van der Waals surface area contributed by atoms with Crippen molar-refractivity contribution >= 4 is 34.4 Å². The minimum absolute atomic E-state index is 0.0860. The summed E-state index contributed by atoms with van der Waals surface area (Å²) in [5.41, 5.74) is 4.75. The zero-order valence-corrected chi connectivity index (χ0v) is 13.6. The number of rotatable bonds is 5. The number of allylic oxidation sites excluding steroid dienone is 1. The third-order valence-corrected chi connectivity index (χ3v) is 3.88. The van der Waals surface area contributed by atoms with E-state index in [0.717, 1.165) is 28.2 Å². The van der Waals surface area contributed by atoms with Crippen LogP contribution in [0.4, 0.5) is 11.4 Å². The van der Waals surface area contributed by atoms with Gasteiger partial charge in [-0.3, -0.25) is 9.59 Å². The lowest BCUT2D eigenvalue weighted by molar-refractivity contribution is -0.140. The number of aromatic nitrogens is 1. The van der Waals surface area contributed by atoms with Crippen molar-refractivity contribution in [1.82, 2.24) is 4.98 Å². The van der Waals surface area contributed by atoms with Gasteiger partial charge in [0.1, 0.15) is 6.54 Å². The van der Waals surface area contributed by atoms with Crippen LogP contribution in [0.3, 0.4) is 0 Å². The van der Waals surface area contributed by atoms with Gasteiger partial charge in [-0.1, -0.05) is 0 Å². The molecule has 0 spiro atoms. The number of carbonyl (C=O) groups is 2. The van der Waals surface area contributed by atoms with Crippen LogP contribution in [0.15, 0.2) is 36.5 Å². The maximum absolute atomic E-state index is 12.4. The lowest BCUT2D eigenvalue weighted by atomic mass is 9.99. The van der Waals surface area contributed by atoms with Gasteiger partial charge in [-0.2, -0.15) is 0 Å². The first-order valence-corrected chi connectivity index (χ1v) is 7.80. The van der Waals surface area contributed by atoms with Crippen molar-refractivity contribution in [2.75, 3.05) is 23.8 Å². The van der Waals surface area contributed by atoms with Crippen molar-refractivity contribution in [1.29, 1.82) is 0 Å². The van der Waals surface area contributed by atoms with Crippen LogP contribution in [-0.2, 0) is 14.3 Å². The molecule has 2 aromatic rings. The van der Waals surface area contributed by atoms with Crippen molar-refractivity contribution in [2.45, 2.75) is 13.8 Å². The highest BCUT2D eigenvalue weighted by atomic mass is 16.5. The number of anilines is 2. The summed E-state index contributed by atoms with van der Waals surface area (Å²) >= 11 is 0. The fourth-order valence-electron chi connectivity index (χ4n) is 2.73. The number of fused-ring (bicyclic) bond motifs is 1. The third-order valence-electron chi connectivity index (χ3n) is 3.88. The van der Waals surface area contributed by atoms with E-state index in [4.69, 9.17) is 4.74 Å². The van der Waals surface area contributed by atoms with E-state index in [1.165, 1.54) is 0 Å². The summed E-state index contributed by atoms with van der Waals surface area (Å²) in [5, 5.41) is 5.90. The summed E-state index contributed by atoms with van der Waals surface area (Å²) in [6.45, 7) is 4.12. The summed E-state index contributed by atoms with van der Waals surface area (Å²) in [7, 11) is 0. The molecule has 0 radical (unpaired) electrons. The van der Waals surface area contributed by atoms with E-state index in [9.17, 15) is 9.59 Å². The quantitative estimate of drug-likeness (QED) is 0.583. The Hall–Kier alpha value is -3.02. The predicted octanol–water partition coefficient (Wildman–Crippen LogP) is 2.87. The first kappa shape index (κ1) is 15.9. The summed E-state index contributed by atoms with van der Waals surface area (Å²) in [6, 6.07) is 9.34. The van der Waals surface area contributed by atoms with Gasteiger partial charge >= 0.3 is 5.97 Å². The number of aromatic amines is 1. The Kier molecular flexibility index (Phi) is 4.37. The molecule has 24 heavy (non-hydrogen) atoms. The summed E-state index contributed by atoms with van der Waals surface area (Å²) in [6.07, 6.45) is 1.82. The van der Waals surface area contributed by atoms with Crippen LogP contribution in [0, 0.1) is 0 Å². The van der Waals surface area contributed by atoms with Gasteiger partial charge in [0.15, 0.2) is 0 Å². The number of carbonyl (C=O) groups excluding carboxylic acids is 2. The predicted molar refractivity (Wildman–Crippen MR) is 93.5 cm³/mol. The van der Waals surface area contributed by atoms with Crippen molar-refractivity contribution in [3.63, 3.8) is 0 Å². The maximum Gasteiger partial charge on any atom is 0.325 e. The molecule has 0 aliphatic carbocycles. The van der Waals surface area contributed by atoms with Crippen LogP contribution in [0.2, 0.25) is 0 Å². The highest BCUT2D eigenvalue weighted by Gasteiger charge is 2.27. The molecular weight excluding hydrogens is 306 g/mol. The van der Waals surface area contributed by atoms with Gasteiger partial charge in [-0.25, -0.2) is 0 Å². The molecule has 1 aromatic carbocycles. The summed E-state index contributed by atoms with van der Waals surface area (Å²) in [5.74, 6) is -0.440. The normalized spacial score (nSPS) is 14.8. The average molecular weight is 325 g/mol. The molecule has 124 valence electrons. The molecular formula is C18H19N3O3. The van der Waals surface area contributed by atoms with Crippen molar-refractivity contribution in [3.8, 4) is 0 Å². The number of hydrogen-bond acceptors (Lipinski definition) is 4. The second-order valence-electron chi connectivity index (χ2n) is 5.46. The zero-order chi connectivity index (χ0) is 17.1. The van der Waals surface area contributed by atoms with E-state index in [1.807, 2.05) is 43.5 Å². The van der Waals surface area contributed by atoms with E-state index < -0.39 is 0 Å². The number of ether oxygens (including phenoxy) is 1. The Morgan fingerprint density at radius 3 is 2.83 bits per heavy atom. The van der Waals surface area contributed by atoms with Crippen molar-refractivity contribution in [3.05, 3.63) is 47.8 Å². The number of nitrogens with one attached hydrogen (secondary N) is 3. The number of amides is 1. The van der Waals surface area contributed by atoms with E-state index in [0.29, 0.717) is 12.2 Å².